The topological polar surface area (TPSA) is 155 Å². The minimum Gasteiger partial charge on any atom is -0.480 e. The van der Waals surface area contributed by atoms with Crippen molar-refractivity contribution in [1.29, 1.82) is 0 Å². The molecule has 39 heavy (non-hydrogen) atoms. The molecule has 0 fully saturated rings. The van der Waals surface area contributed by atoms with Crippen molar-refractivity contribution < 1.29 is 28.3 Å². The van der Waals surface area contributed by atoms with Crippen LogP contribution in [0.5, 0.6) is 0 Å². The minimum absolute atomic E-state index is 0.115. The van der Waals surface area contributed by atoms with Gasteiger partial charge < -0.3 is 29.6 Å². The van der Waals surface area contributed by atoms with Crippen LogP contribution in [-0.4, -0.2) is 40.5 Å². The van der Waals surface area contributed by atoms with Gasteiger partial charge in [-0.15, -0.1) is 0 Å². The average Bonchev–Trinajstić information content (AvgIpc) is 3.49. The number of hydrogen-bond acceptors (Lipinski definition) is 6. The number of aryl methyl sites for hydroxylation is 3. The van der Waals surface area contributed by atoms with E-state index in [4.69, 9.17) is 13.9 Å². The Hall–Kier alpha value is -4.86. The van der Waals surface area contributed by atoms with E-state index in [0.29, 0.717) is 27.7 Å². The smallest absolute Gasteiger partial charge is 0.340 e. The molecule has 2 amide bonds. The Balaban J connectivity index is 1.44. The van der Waals surface area contributed by atoms with E-state index in [1.165, 1.54) is 0 Å². The summed E-state index contributed by atoms with van der Waals surface area (Å²) < 4.78 is 11.3. The molecule has 3 aromatic heterocycles. The van der Waals surface area contributed by atoms with Gasteiger partial charge in [-0.05, 0) is 49.6 Å². The first-order valence-corrected chi connectivity index (χ1v) is 12.4. The molecule has 0 aliphatic heterocycles. The van der Waals surface area contributed by atoms with Crippen molar-refractivity contribution in [3.8, 4) is 0 Å². The highest BCUT2D eigenvalue weighted by atomic mass is 16.4. The molecule has 0 bridgehead atoms. The number of carboxylic acid groups (broad SMARTS) is 1. The van der Waals surface area contributed by atoms with Gasteiger partial charge in [-0.1, -0.05) is 18.2 Å². The molecule has 0 spiro atoms. The Morgan fingerprint density at radius 3 is 2.56 bits per heavy atom. The van der Waals surface area contributed by atoms with Crippen LogP contribution in [0.4, 0.5) is 0 Å². The molecular weight excluding hydrogens is 502 g/mol. The Morgan fingerprint density at radius 2 is 1.79 bits per heavy atom. The molecule has 10 nitrogen and oxygen atoms in total. The van der Waals surface area contributed by atoms with Crippen LogP contribution < -0.4 is 16.3 Å². The van der Waals surface area contributed by atoms with Crippen LogP contribution in [-0.2, 0) is 27.2 Å². The summed E-state index contributed by atoms with van der Waals surface area (Å²) in [6.07, 6.45) is 3.19. The number of furan rings is 1. The maximum Gasteiger partial charge on any atom is 0.340 e. The van der Waals surface area contributed by atoms with Crippen molar-refractivity contribution in [3.63, 3.8) is 0 Å². The van der Waals surface area contributed by atoms with Crippen molar-refractivity contribution in [2.45, 2.75) is 39.7 Å². The standard InChI is InChI=1S/C29H27N3O7/c1-14-13-38-26-16(3)27-20(9-19(14)26)15(2)21(29(37)39-27)10-24(33)32-23(28(36)31-12-25(34)35)8-17-11-30-22-7-5-4-6-18(17)22/h4-7,9,11,13,23,30H,8,10,12H2,1-3H3,(H,31,36)(H,32,33)(H,34,35). The fourth-order valence-corrected chi connectivity index (χ4v) is 4.94. The quantitative estimate of drug-likeness (QED) is 0.225. The summed E-state index contributed by atoms with van der Waals surface area (Å²) in [5, 5.41) is 16.5. The predicted molar refractivity (Wildman–Crippen MR) is 145 cm³/mol. The van der Waals surface area contributed by atoms with Crippen molar-refractivity contribution >= 4 is 50.6 Å². The number of rotatable bonds is 8. The summed E-state index contributed by atoms with van der Waals surface area (Å²) in [5.74, 6) is -2.42. The first kappa shape index (κ1) is 25.8. The van der Waals surface area contributed by atoms with E-state index in [1.54, 1.807) is 19.4 Å². The maximum atomic E-state index is 13.2. The van der Waals surface area contributed by atoms with Crippen LogP contribution in [0, 0.1) is 20.8 Å². The first-order valence-electron chi connectivity index (χ1n) is 12.4. The third kappa shape index (κ3) is 4.88. The number of amides is 2. The van der Waals surface area contributed by atoms with Gasteiger partial charge in [0.05, 0.1) is 18.2 Å². The molecule has 5 aromatic rings. The molecular formula is C29H27N3O7. The van der Waals surface area contributed by atoms with Crippen LogP contribution in [0.25, 0.3) is 32.8 Å². The lowest BCUT2D eigenvalue weighted by atomic mass is 9.98. The first-order chi connectivity index (χ1) is 18.6. The fourth-order valence-electron chi connectivity index (χ4n) is 4.94. The second kappa shape index (κ2) is 10.1. The summed E-state index contributed by atoms with van der Waals surface area (Å²) in [6.45, 7) is 4.90. The largest absolute Gasteiger partial charge is 0.480 e. The highest BCUT2D eigenvalue weighted by molar-refractivity contribution is 6.00. The monoisotopic (exact) mass is 529 g/mol. The van der Waals surface area contributed by atoms with Crippen molar-refractivity contribution in [2.75, 3.05) is 6.54 Å². The zero-order valence-electron chi connectivity index (χ0n) is 21.6. The number of H-pyrrole nitrogens is 1. The van der Waals surface area contributed by atoms with Gasteiger partial charge in [0.25, 0.3) is 0 Å². The third-order valence-corrected chi connectivity index (χ3v) is 7.04. The van der Waals surface area contributed by atoms with E-state index in [2.05, 4.69) is 15.6 Å². The van der Waals surface area contributed by atoms with Gasteiger partial charge in [0.1, 0.15) is 23.8 Å². The van der Waals surface area contributed by atoms with E-state index in [1.807, 2.05) is 44.2 Å². The summed E-state index contributed by atoms with van der Waals surface area (Å²) >= 11 is 0. The molecule has 0 aliphatic rings. The Morgan fingerprint density at radius 1 is 1.03 bits per heavy atom. The molecule has 200 valence electrons. The van der Waals surface area contributed by atoms with Gasteiger partial charge in [-0.25, -0.2) is 4.79 Å². The van der Waals surface area contributed by atoms with E-state index in [-0.39, 0.29) is 18.4 Å². The van der Waals surface area contributed by atoms with E-state index in [0.717, 1.165) is 27.4 Å². The molecule has 0 radical (unpaired) electrons. The molecule has 3 heterocycles. The van der Waals surface area contributed by atoms with Gasteiger partial charge in [0.15, 0.2) is 0 Å². The number of aromatic amines is 1. The third-order valence-electron chi connectivity index (χ3n) is 7.04. The van der Waals surface area contributed by atoms with Gasteiger partial charge in [-0.3, -0.25) is 14.4 Å². The van der Waals surface area contributed by atoms with Crippen LogP contribution in [0.3, 0.4) is 0 Å². The van der Waals surface area contributed by atoms with Gasteiger partial charge in [0.2, 0.25) is 11.8 Å². The summed E-state index contributed by atoms with van der Waals surface area (Å²) in [5.41, 5.74) is 4.44. The lowest BCUT2D eigenvalue weighted by Gasteiger charge is -2.18. The van der Waals surface area contributed by atoms with Crippen LogP contribution in [0.1, 0.15) is 27.8 Å². The summed E-state index contributed by atoms with van der Waals surface area (Å²) in [4.78, 5) is 53.2. The Bertz CT molecular complexity index is 1830. The second-order valence-corrected chi connectivity index (χ2v) is 9.64. The van der Waals surface area contributed by atoms with Crippen LogP contribution in [0.15, 0.2) is 56.4 Å². The van der Waals surface area contributed by atoms with E-state index >= 15 is 0 Å². The molecule has 1 atom stereocenters. The normalized spacial score (nSPS) is 12.2. The number of para-hydroxylation sites is 1. The van der Waals surface area contributed by atoms with E-state index < -0.39 is 36.0 Å². The highest BCUT2D eigenvalue weighted by Gasteiger charge is 2.25. The molecule has 2 aromatic carbocycles. The van der Waals surface area contributed by atoms with Crippen LogP contribution >= 0.6 is 0 Å². The fraction of sp³-hybridized carbons (Fsp3) is 0.241. The van der Waals surface area contributed by atoms with E-state index in [9.17, 15) is 19.2 Å². The number of nitrogens with one attached hydrogen (secondary N) is 3. The Kier molecular flexibility index (Phi) is 6.69. The molecule has 10 heteroatoms. The molecule has 1 unspecified atom stereocenters. The van der Waals surface area contributed by atoms with Gasteiger partial charge in [-0.2, -0.15) is 0 Å². The average molecular weight is 530 g/mol. The zero-order chi connectivity index (χ0) is 27.8. The van der Waals surface area contributed by atoms with Gasteiger partial charge >= 0.3 is 11.6 Å². The number of carbonyl (C=O) groups is 3. The van der Waals surface area contributed by atoms with Crippen molar-refractivity contribution in [2.24, 2.45) is 0 Å². The number of aromatic nitrogens is 1. The second-order valence-electron chi connectivity index (χ2n) is 9.64. The molecule has 0 saturated heterocycles. The number of aliphatic carboxylic acids is 1. The zero-order valence-corrected chi connectivity index (χ0v) is 21.6. The lowest BCUT2D eigenvalue weighted by molar-refractivity contribution is -0.138. The lowest BCUT2D eigenvalue weighted by Crippen LogP contribution is -2.49. The predicted octanol–water partition coefficient (Wildman–Crippen LogP) is 3.42. The SMILES string of the molecule is Cc1coc2c(C)c3oc(=O)c(CC(=O)NC(Cc4c[nH]c5ccccc45)C(=O)NCC(=O)O)c(C)c3cc12. The van der Waals surface area contributed by atoms with Crippen LogP contribution in [0.2, 0.25) is 0 Å². The minimum atomic E-state index is -1.21. The van der Waals surface area contributed by atoms with Crippen molar-refractivity contribution in [3.05, 3.63) is 81.0 Å². The van der Waals surface area contributed by atoms with Gasteiger partial charge in [0, 0.05) is 39.9 Å². The number of benzene rings is 2. The highest BCUT2D eigenvalue weighted by Crippen LogP contribution is 2.32. The summed E-state index contributed by atoms with van der Waals surface area (Å²) in [6, 6.07) is 8.33. The molecule has 4 N–H and O–H groups in total. The maximum absolute atomic E-state index is 13.2. The number of fused-ring (bicyclic) bond motifs is 3. The van der Waals surface area contributed by atoms with Crippen molar-refractivity contribution in [1.82, 2.24) is 15.6 Å². The number of hydrogen-bond donors (Lipinski definition) is 4. The Labute approximate surface area is 222 Å². The molecule has 0 saturated carbocycles. The summed E-state index contributed by atoms with van der Waals surface area (Å²) in [7, 11) is 0. The molecule has 0 aliphatic carbocycles. The number of carboxylic acids is 1. The number of carbonyl (C=O) groups excluding carboxylic acids is 2. The molecule has 5 rings (SSSR count).